The fourth-order valence-corrected chi connectivity index (χ4v) is 1.67. The third-order valence-electron chi connectivity index (χ3n) is 2.62. The van der Waals surface area contributed by atoms with Crippen LogP contribution in [-0.2, 0) is 11.3 Å². The smallest absolute Gasteiger partial charge is 0.422 e. The Hall–Kier alpha value is -1.67. The van der Waals surface area contributed by atoms with Crippen molar-refractivity contribution in [1.29, 1.82) is 0 Å². The van der Waals surface area contributed by atoms with E-state index in [1.807, 2.05) is 0 Å². The first kappa shape index (κ1) is 21.3. The highest BCUT2D eigenvalue weighted by Gasteiger charge is 2.29. The summed E-state index contributed by atoms with van der Waals surface area (Å²) in [5.74, 6) is -0.0416. The summed E-state index contributed by atoms with van der Waals surface area (Å²) in [6.45, 7) is 0.546. The highest BCUT2D eigenvalue weighted by Crippen LogP contribution is 2.29. The van der Waals surface area contributed by atoms with Crippen molar-refractivity contribution in [2.75, 3.05) is 13.7 Å². The Morgan fingerprint density at radius 2 is 2.00 bits per heavy atom. The van der Waals surface area contributed by atoms with E-state index in [1.165, 1.54) is 19.2 Å². The van der Waals surface area contributed by atoms with Crippen LogP contribution < -0.4 is 20.5 Å². The number of hydrogen-bond acceptors (Lipinski definition) is 4. The second-order valence-electron chi connectivity index (χ2n) is 4.85. The van der Waals surface area contributed by atoms with E-state index in [9.17, 15) is 18.0 Å². The van der Waals surface area contributed by atoms with Gasteiger partial charge in [0.2, 0.25) is 5.91 Å². The Morgan fingerprint density at radius 3 is 2.52 bits per heavy atom. The third kappa shape index (κ3) is 8.51. The minimum atomic E-state index is -4.42. The van der Waals surface area contributed by atoms with Crippen LogP contribution in [0.2, 0.25) is 0 Å². The molecule has 1 amide bonds. The van der Waals surface area contributed by atoms with Crippen molar-refractivity contribution in [3.8, 4) is 11.5 Å². The van der Waals surface area contributed by atoms with Crippen molar-refractivity contribution in [1.82, 2.24) is 5.32 Å². The van der Waals surface area contributed by atoms with Crippen molar-refractivity contribution in [3.05, 3.63) is 23.8 Å². The quantitative estimate of drug-likeness (QED) is 0.787. The highest BCUT2D eigenvalue weighted by molar-refractivity contribution is 5.85. The lowest BCUT2D eigenvalue weighted by molar-refractivity contribution is -0.153. The number of carbonyl (C=O) groups is 1. The summed E-state index contributed by atoms with van der Waals surface area (Å²) in [6.07, 6.45) is -4.22. The molecule has 0 aliphatic carbocycles. The summed E-state index contributed by atoms with van der Waals surface area (Å²) < 4.78 is 46.1. The number of carbonyl (C=O) groups excluding carboxylic acids is 1. The van der Waals surface area contributed by atoms with E-state index >= 15 is 0 Å². The molecule has 1 unspecified atom stereocenters. The predicted molar refractivity (Wildman–Crippen MR) is 81.9 cm³/mol. The molecule has 0 spiro atoms. The Balaban J connectivity index is 0.00000484. The van der Waals surface area contributed by atoms with Crippen molar-refractivity contribution in [2.24, 2.45) is 5.73 Å². The van der Waals surface area contributed by atoms with Gasteiger partial charge in [-0.05, 0) is 24.6 Å². The third-order valence-corrected chi connectivity index (χ3v) is 2.62. The molecule has 9 heteroatoms. The topological polar surface area (TPSA) is 73.6 Å². The average molecular weight is 357 g/mol. The summed E-state index contributed by atoms with van der Waals surface area (Å²) in [5, 5.41) is 2.66. The van der Waals surface area contributed by atoms with Crippen LogP contribution >= 0.6 is 12.4 Å². The molecule has 1 aromatic rings. The predicted octanol–water partition coefficient (Wildman–Crippen LogP) is 2.41. The number of amides is 1. The minimum Gasteiger partial charge on any atom is -0.493 e. The second kappa shape index (κ2) is 9.46. The van der Waals surface area contributed by atoms with Crippen molar-refractivity contribution in [3.63, 3.8) is 0 Å². The van der Waals surface area contributed by atoms with E-state index < -0.39 is 12.8 Å². The van der Waals surface area contributed by atoms with Gasteiger partial charge in [-0.25, -0.2) is 0 Å². The highest BCUT2D eigenvalue weighted by atomic mass is 35.5. The van der Waals surface area contributed by atoms with Crippen LogP contribution in [0, 0.1) is 0 Å². The average Bonchev–Trinajstić information content (AvgIpc) is 2.41. The van der Waals surface area contributed by atoms with Crippen LogP contribution in [0.15, 0.2) is 18.2 Å². The molecule has 132 valence electrons. The van der Waals surface area contributed by atoms with E-state index in [0.29, 0.717) is 5.56 Å². The van der Waals surface area contributed by atoms with Gasteiger partial charge in [0.05, 0.1) is 7.11 Å². The van der Waals surface area contributed by atoms with E-state index in [2.05, 4.69) is 10.1 Å². The number of benzene rings is 1. The summed E-state index contributed by atoms with van der Waals surface area (Å²) in [7, 11) is 1.33. The Labute approximate surface area is 138 Å². The largest absolute Gasteiger partial charge is 0.493 e. The lowest BCUT2D eigenvalue weighted by Gasteiger charge is -2.14. The molecule has 5 nitrogen and oxygen atoms in total. The number of rotatable bonds is 7. The van der Waals surface area contributed by atoms with E-state index in [4.69, 9.17) is 10.5 Å². The molecule has 0 bridgehead atoms. The fraction of sp³-hybridized carbons (Fsp3) is 0.500. The standard InChI is InChI=1S/C14H19F3N2O3.ClH/c1-9(18)5-13(20)19-7-10-3-4-11(12(6-10)21-2)22-8-14(15,16)17;/h3-4,6,9H,5,7-8,18H2,1-2H3,(H,19,20);1H. The van der Waals surface area contributed by atoms with Gasteiger partial charge in [-0.1, -0.05) is 6.07 Å². The summed E-state index contributed by atoms with van der Waals surface area (Å²) in [4.78, 5) is 11.5. The maximum absolute atomic E-state index is 12.1. The Bertz CT molecular complexity index is 511. The van der Waals surface area contributed by atoms with Gasteiger partial charge in [0.1, 0.15) is 0 Å². The molecule has 23 heavy (non-hydrogen) atoms. The van der Waals surface area contributed by atoms with Gasteiger partial charge in [-0.15, -0.1) is 12.4 Å². The summed E-state index contributed by atoms with van der Waals surface area (Å²) in [5.41, 5.74) is 6.18. The normalized spacial score (nSPS) is 12.1. The molecule has 0 saturated carbocycles. The van der Waals surface area contributed by atoms with Crippen LogP contribution in [0.5, 0.6) is 11.5 Å². The second-order valence-corrected chi connectivity index (χ2v) is 4.85. The molecule has 0 aliphatic heterocycles. The first-order valence-corrected chi connectivity index (χ1v) is 6.60. The zero-order chi connectivity index (χ0) is 16.8. The number of hydrogen-bond donors (Lipinski definition) is 2. The molecule has 0 fully saturated rings. The molecular weight excluding hydrogens is 337 g/mol. The van der Waals surface area contributed by atoms with Gasteiger partial charge in [-0.3, -0.25) is 4.79 Å². The number of methoxy groups -OCH3 is 1. The maximum atomic E-state index is 12.1. The lowest BCUT2D eigenvalue weighted by Crippen LogP contribution is -2.29. The molecule has 3 N–H and O–H groups in total. The van der Waals surface area contributed by atoms with Gasteiger partial charge in [0, 0.05) is 19.0 Å². The van der Waals surface area contributed by atoms with Crippen molar-refractivity contribution in [2.45, 2.75) is 32.1 Å². The molecule has 1 aromatic carbocycles. The molecule has 0 saturated heterocycles. The van der Waals surface area contributed by atoms with E-state index in [-0.39, 0.29) is 48.8 Å². The van der Waals surface area contributed by atoms with Crippen LogP contribution in [0.25, 0.3) is 0 Å². The molecule has 0 aromatic heterocycles. The lowest BCUT2D eigenvalue weighted by atomic mass is 10.2. The minimum absolute atomic E-state index is 0. The molecule has 1 atom stereocenters. The maximum Gasteiger partial charge on any atom is 0.422 e. The van der Waals surface area contributed by atoms with Crippen LogP contribution in [0.3, 0.4) is 0 Å². The number of halogens is 4. The summed E-state index contributed by atoms with van der Waals surface area (Å²) >= 11 is 0. The number of alkyl halides is 3. The van der Waals surface area contributed by atoms with Gasteiger partial charge < -0.3 is 20.5 Å². The fourth-order valence-electron chi connectivity index (χ4n) is 1.67. The Morgan fingerprint density at radius 1 is 1.35 bits per heavy atom. The summed E-state index contributed by atoms with van der Waals surface area (Å²) in [6, 6.07) is 4.20. The zero-order valence-corrected chi connectivity index (χ0v) is 13.6. The van der Waals surface area contributed by atoms with Crippen LogP contribution in [-0.4, -0.2) is 31.8 Å². The SMILES string of the molecule is COc1cc(CNC(=O)CC(C)N)ccc1OCC(F)(F)F.Cl. The Kier molecular flexibility index (Phi) is 8.78. The van der Waals surface area contributed by atoms with E-state index in [0.717, 1.165) is 0 Å². The first-order chi connectivity index (χ1) is 10.2. The number of nitrogens with one attached hydrogen (secondary N) is 1. The molecule has 1 rings (SSSR count). The van der Waals surface area contributed by atoms with Gasteiger partial charge in [-0.2, -0.15) is 13.2 Å². The molecular formula is C14H20ClF3N2O3. The van der Waals surface area contributed by atoms with Gasteiger partial charge >= 0.3 is 6.18 Å². The first-order valence-electron chi connectivity index (χ1n) is 6.60. The monoisotopic (exact) mass is 356 g/mol. The van der Waals surface area contributed by atoms with Gasteiger partial charge in [0.25, 0.3) is 0 Å². The molecule has 0 radical (unpaired) electrons. The van der Waals surface area contributed by atoms with Crippen LogP contribution in [0.4, 0.5) is 13.2 Å². The van der Waals surface area contributed by atoms with Crippen molar-refractivity contribution >= 4 is 18.3 Å². The van der Waals surface area contributed by atoms with Crippen molar-refractivity contribution < 1.29 is 27.4 Å². The van der Waals surface area contributed by atoms with Gasteiger partial charge in [0.15, 0.2) is 18.1 Å². The van der Waals surface area contributed by atoms with E-state index in [1.54, 1.807) is 13.0 Å². The van der Waals surface area contributed by atoms with Crippen LogP contribution in [0.1, 0.15) is 18.9 Å². The number of nitrogens with two attached hydrogens (primary N) is 1. The molecule has 0 heterocycles. The number of ether oxygens (including phenoxy) is 2. The zero-order valence-electron chi connectivity index (χ0n) is 12.8. The molecule has 0 aliphatic rings.